The van der Waals surface area contributed by atoms with Crippen molar-refractivity contribution in [3.8, 4) is 0 Å². The number of aromatic nitrogens is 1. The Morgan fingerprint density at radius 3 is 2.57 bits per heavy atom. The number of likely N-dealkylation sites (N-methyl/N-ethyl adjacent to an activating group) is 1. The van der Waals surface area contributed by atoms with E-state index in [2.05, 4.69) is 69.7 Å². The van der Waals surface area contributed by atoms with Crippen LogP contribution in [0.15, 0.2) is 22.7 Å². The molecule has 1 aromatic carbocycles. The Labute approximate surface area is 176 Å². The number of rotatable bonds is 4. The number of hydrogen-bond acceptors (Lipinski definition) is 5. The van der Waals surface area contributed by atoms with Crippen molar-refractivity contribution in [2.75, 3.05) is 62.8 Å². The van der Waals surface area contributed by atoms with E-state index >= 15 is 0 Å². The molecule has 0 aliphatic carbocycles. The van der Waals surface area contributed by atoms with Crippen LogP contribution in [-0.2, 0) is 4.74 Å². The Kier molecular flexibility index (Phi) is 6.09. The number of halogens is 1. The van der Waals surface area contributed by atoms with E-state index in [1.54, 1.807) is 0 Å². The summed E-state index contributed by atoms with van der Waals surface area (Å²) >= 11 is 3.87. The number of benzene rings is 1. The molecule has 3 heterocycles. The van der Waals surface area contributed by atoms with Crippen molar-refractivity contribution in [3.05, 3.63) is 28.2 Å². The standard InChI is InChI=1S/C22H31BrN4O/c1-4-27(17-7-13-28-14-8-17)20-15-19-18(22(23)16(20)2)5-6-21(24-19)26-11-9-25(3)10-12-26/h5-6,15,17H,4,7-14H2,1-3H3. The lowest BCUT2D eigenvalue weighted by Gasteiger charge is -2.36. The van der Waals surface area contributed by atoms with Gasteiger partial charge in [-0.3, -0.25) is 0 Å². The average Bonchev–Trinajstić information content (AvgIpc) is 2.73. The van der Waals surface area contributed by atoms with Crippen LogP contribution in [0.2, 0.25) is 0 Å². The number of piperazine rings is 1. The maximum atomic E-state index is 5.59. The molecule has 0 spiro atoms. The molecular formula is C22H31BrN4O. The minimum Gasteiger partial charge on any atom is -0.381 e. The lowest BCUT2D eigenvalue weighted by Crippen LogP contribution is -2.44. The van der Waals surface area contributed by atoms with Gasteiger partial charge in [0.15, 0.2) is 0 Å². The first-order chi connectivity index (χ1) is 13.6. The summed E-state index contributed by atoms with van der Waals surface area (Å²) in [5.41, 5.74) is 3.68. The summed E-state index contributed by atoms with van der Waals surface area (Å²) in [7, 11) is 2.19. The lowest BCUT2D eigenvalue weighted by atomic mass is 10.0. The van der Waals surface area contributed by atoms with Gasteiger partial charge in [-0.05, 0) is 73.4 Å². The van der Waals surface area contributed by atoms with Crippen LogP contribution in [0.3, 0.4) is 0 Å². The van der Waals surface area contributed by atoms with E-state index in [1.807, 2.05) is 0 Å². The fourth-order valence-corrected chi connectivity index (χ4v) is 4.98. The van der Waals surface area contributed by atoms with Gasteiger partial charge in [-0.2, -0.15) is 0 Å². The van der Waals surface area contributed by atoms with Crippen LogP contribution < -0.4 is 9.80 Å². The molecule has 0 bridgehead atoms. The third-order valence-corrected chi connectivity index (χ3v) is 7.26. The first-order valence-corrected chi connectivity index (χ1v) is 11.3. The van der Waals surface area contributed by atoms with Crippen LogP contribution in [0, 0.1) is 6.92 Å². The van der Waals surface area contributed by atoms with Gasteiger partial charge in [0.2, 0.25) is 0 Å². The molecule has 0 atom stereocenters. The predicted octanol–water partition coefficient (Wildman–Crippen LogP) is 4.06. The Balaban J connectivity index is 1.71. The fraction of sp³-hybridized carbons (Fsp3) is 0.591. The van der Waals surface area contributed by atoms with Crippen molar-refractivity contribution in [1.29, 1.82) is 0 Å². The van der Waals surface area contributed by atoms with Crippen LogP contribution in [0.1, 0.15) is 25.3 Å². The summed E-state index contributed by atoms with van der Waals surface area (Å²) < 4.78 is 6.76. The molecule has 2 aromatic rings. The molecule has 1 aromatic heterocycles. The summed E-state index contributed by atoms with van der Waals surface area (Å²) in [6.07, 6.45) is 2.19. The van der Waals surface area contributed by atoms with E-state index in [0.717, 1.165) is 70.1 Å². The summed E-state index contributed by atoms with van der Waals surface area (Å²) in [4.78, 5) is 12.4. The Morgan fingerprint density at radius 1 is 1.18 bits per heavy atom. The van der Waals surface area contributed by atoms with Gasteiger partial charge in [-0.15, -0.1) is 0 Å². The maximum Gasteiger partial charge on any atom is 0.129 e. The number of hydrogen-bond donors (Lipinski definition) is 0. The molecule has 2 aliphatic rings. The highest BCUT2D eigenvalue weighted by molar-refractivity contribution is 9.10. The Morgan fingerprint density at radius 2 is 1.89 bits per heavy atom. The quantitative estimate of drug-likeness (QED) is 0.706. The van der Waals surface area contributed by atoms with Gasteiger partial charge in [0.05, 0.1) is 5.52 Å². The van der Waals surface area contributed by atoms with Crippen molar-refractivity contribution in [3.63, 3.8) is 0 Å². The summed E-state index contributed by atoms with van der Waals surface area (Å²) in [5.74, 6) is 1.09. The highest BCUT2D eigenvalue weighted by Gasteiger charge is 2.24. The second-order valence-corrected chi connectivity index (χ2v) is 8.78. The van der Waals surface area contributed by atoms with Crippen molar-refractivity contribution in [1.82, 2.24) is 9.88 Å². The second kappa shape index (κ2) is 8.56. The first-order valence-electron chi connectivity index (χ1n) is 10.5. The van der Waals surface area contributed by atoms with E-state index in [9.17, 15) is 0 Å². The van der Waals surface area contributed by atoms with Crippen molar-refractivity contribution < 1.29 is 4.74 Å². The summed E-state index contributed by atoms with van der Waals surface area (Å²) in [6.45, 7) is 11.5. The third-order valence-electron chi connectivity index (χ3n) is 6.24. The van der Waals surface area contributed by atoms with E-state index in [-0.39, 0.29) is 0 Å². The van der Waals surface area contributed by atoms with Crippen molar-refractivity contribution >= 4 is 38.3 Å². The molecule has 28 heavy (non-hydrogen) atoms. The molecule has 2 fully saturated rings. The van der Waals surface area contributed by atoms with Gasteiger partial charge in [0.1, 0.15) is 5.82 Å². The van der Waals surface area contributed by atoms with E-state index in [4.69, 9.17) is 9.72 Å². The molecule has 2 saturated heterocycles. The topological polar surface area (TPSA) is 31.8 Å². The zero-order valence-electron chi connectivity index (χ0n) is 17.2. The number of ether oxygens (including phenoxy) is 1. The lowest BCUT2D eigenvalue weighted by molar-refractivity contribution is 0.0846. The molecule has 6 heteroatoms. The normalized spacial score (nSPS) is 19.4. The van der Waals surface area contributed by atoms with Gasteiger partial charge >= 0.3 is 0 Å². The smallest absolute Gasteiger partial charge is 0.129 e. The van der Waals surface area contributed by atoms with Crippen LogP contribution in [0.5, 0.6) is 0 Å². The van der Waals surface area contributed by atoms with Crippen LogP contribution in [-0.4, -0.2) is 68.9 Å². The van der Waals surface area contributed by atoms with Gasteiger partial charge in [-0.1, -0.05) is 0 Å². The second-order valence-electron chi connectivity index (χ2n) is 7.99. The molecule has 4 rings (SSSR count). The van der Waals surface area contributed by atoms with Crippen LogP contribution >= 0.6 is 15.9 Å². The highest BCUT2D eigenvalue weighted by atomic mass is 79.9. The van der Waals surface area contributed by atoms with E-state index in [0.29, 0.717) is 6.04 Å². The van der Waals surface area contributed by atoms with Gasteiger partial charge < -0.3 is 19.4 Å². The molecule has 5 nitrogen and oxygen atoms in total. The monoisotopic (exact) mass is 446 g/mol. The number of nitrogens with zero attached hydrogens (tertiary/aromatic N) is 4. The van der Waals surface area contributed by atoms with Crippen molar-refractivity contribution in [2.24, 2.45) is 0 Å². The minimum absolute atomic E-state index is 0.544. The number of anilines is 2. The first kappa shape index (κ1) is 19.9. The highest BCUT2D eigenvalue weighted by Crippen LogP contribution is 2.37. The van der Waals surface area contributed by atoms with E-state index < -0.39 is 0 Å². The molecule has 0 radical (unpaired) electrons. The molecule has 0 amide bonds. The minimum atomic E-state index is 0.544. The van der Waals surface area contributed by atoms with Gasteiger partial charge in [0, 0.05) is 67.5 Å². The van der Waals surface area contributed by atoms with Crippen molar-refractivity contribution in [2.45, 2.75) is 32.7 Å². The summed E-state index contributed by atoms with van der Waals surface area (Å²) in [6, 6.07) is 7.24. The van der Waals surface area contributed by atoms with Gasteiger partial charge in [0.25, 0.3) is 0 Å². The number of pyridine rings is 1. The summed E-state index contributed by atoms with van der Waals surface area (Å²) in [5, 5.41) is 1.20. The Bertz CT molecular complexity index is 829. The molecule has 0 saturated carbocycles. The van der Waals surface area contributed by atoms with E-state index in [1.165, 1.54) is 21.1 Å². The zero-order valence-corrected chi connectivity index (χ0v) is 18.8. The fourth-order valence-electron chi connectivity index (χ4n) is 4.44. The van der Waals surface area contributed by atoms with Crippen LogP contribution in [0.4, 0.5) is 11.5 Å². The Hall–Kier alpha value is -1.37. The van der Waals surface area contributed by atoms with Crippen LogP contribution in [0.25, 0.3) is 10.9 Å². The molecule has 0 N–H and O–H groups in total. The zero-order chi connectivity index (χ0) is 19.7. The SMILES string of the molecule is CCN(c1cc2nc(N3CCN(C)CC3)ccc2c(Br)c1C)C1CCOCC1. The molecular weight excluding hydrogens is 416 g/mol. The molecule has 0 unspecified atom stereocenters. The average molecular weight is 447 g/mol. The maximum absolute atomic E-state index is 5.59. The predicted molar refractivity (Wildman–Crippen MR) is 121 cm³/mol. The van der Waals surface area contributed by atoms with Gasteiger partial charge in [-0.25, -0.2) is 4.98 Å². The number of fused-ring (bicyclic) bond motifs is 1. The largest absolute Gasteiger partial charge is 0.381 e. The molecule has 152 valence electrons. The third kappa shape index (κ3) is 3.87. The molecule has 2 aliphatic heterocycles.